The molecule has 4 nitrogen and oxygen atoms in total. The molecule has 1 fully saturated rings. The molecule has 1 saturated heterocycles. The molecule has 0 aromatic heterocycles. The quantitative estimate of drug-likeness (QED) is 0.846. The van der Waals surface area contributed by atoms with E-state index in [2.05, 4.69) is 5.32 Å². The lowest BCUT2D eigenvalue weighted by molar-refractivity contribution is 0.235. The minimum absolute atomic E-state index is 0.574. The molecule has 2 rings (SSSR count). The number of para-hydroxylation sites is 1. The van der Waals surface area contributed by atoms with Crippen molar-refractivity contribution in [2.45, 2.75) is 6.42 Å². The first-order valence-electron chi connectivity index (χ1n) is 5.89. The number of hydrogen-bond donors (Lipinski definition) is 1. The lowest BCUT2D eigenvalue weighted by atomic mass is 10.1. The Kier molecular flexibility index (Phi) is 4.09. The summed E-state index contributed by atoms with van der Waals surface area (Å²) in [6, 6.07) is 5.65. The third-order valence-electron chi connectivity index (χ3n) is 3.01. The molecule has 0 amide bonds. The Balaban J connectivity index is 2.06. The van der Waals surface area contributed by atoms with E-state index in [1.165, 1.54) is 0 Å². The van der Waals surface area contributed by atoms with Crippen LogP contribution < -0.4 is 19.5 Å². The summed E-state index contributed by atoms with van der Waals surface area (Å²) in [4.78, 5) is 0. The number of hydrogen-bond acceptors (Lipinski definition) is 4. The molecule has 1 aromatic carbocycles. The number of ether oxygens (including phenoxy) is 3. The van der Waals surface area contributed by atoms with Crippen molar-refractivity contribution >= 4 is 0 Å². The highest BCUT2D eigenvalue weighted by molar-refractivity contribution is 5.51. The van der Waals surface area contributed by atoms with Crippen LogP contribution in [-0.2, 0) is 0 Å². The van der Waals surface area contributed by atoms with Crippen LogP contribution in [0, 0.1) is 5.92 Å². The van der Waals surface area contributed by atoms with E-state index in [1.54, 1.807) is 14.2 Å². The Labute approximate surface area is 102 Å². The van der Waals surface area contributed by atoms with Gasteiger partial charge >= 0.3 is 0 Å². The maximum absolute atomic E-state index is 5.84. The second kappa shape index (κ2) is 5.77. The summed E-state index contributed by atoms with van der Waals surface area (Å²) in [5, 5.41) is 3.32. The van der Waals surface area contributed by atoms with Gasteiger partial charge in [0.25, 0.3) is 0 Å². The van der Waals surface area contributed by atoms with Crippen molar-refractivity contribution in [1.29, 1.82) is 0 Å². The topological polar surface area (TPSA) is 39.7 Å². The number of methoxy groups -OCH3 is 2. The van der Waals surface area contributed by atoms with E-state index in [1.807, 2.05) is 18.2 Å². The van der Waals surface area contributed by atoms with Gasteiger partial charge < -0.3 is 19.5 Å². The van der Waals surface area contributed by atoms with Crippen molar-refractivity contribution in [3.05, 3.63) is 18.2 Å². The molecule has 0 spiro atoms. The zero-order valence-corrected chi connectivity index (χ0v) is 10.4. The van der Waals surface area contributed by atoms with E-state index in [0.717, 1.165) is 31.0 Å². The zero-order valence-electron chi connectivity index (χ0n) is 10.4. The molecule has 94 valence electrons. The predicted molar refractivity (Wildman–Crippen MR) is 66.0 cm³/mol. The molecule has 4 heteroatoms. The van der Waals surface area contributed by atoms with Crippen LogP contribution in [0.4, 0.5) is 0 Å². The predicted octanol–water partition coefficient (Wildman–Crippen LogP) is 1.69. The van der Waals surface area contributed by atoms with E-state index in [0.29, 0.717) is 18.3 Å². The van der Waals surface area contributed by atoms with Crippen LogP contribution in [-0.4, -0.2) is 33.9 Å². The van der Waals surface area contributed by atoms with Gasteiger partial charge in [0.2, 0.25) is 5.75 Å². The van der Waals surface area contributed by atoms with Gasteiger partial charge in [0.05, 0.1) is 20.8 Å². The summed E-state index contributed by atoms with van der Waals surface area (Å²) < 4.78 is 16.4. The largest absolute Gasteiger partial charge is 0.493 e. The Morgan fingerprint density at radius 2 is 1.94 bits per heavy atom. The summed E-state index contributed by atoms with van der Waals surface area (Å²) in [5.41, 5.74) is 0. The Bertz CT molecular complexity index is 339. The van der Waals surface area contributed by atoms with Crippen molar-refractivity contribution in [3.63, 3.8) is 0 Å². The highest BCUT2D eigenvalue weighted by Gasteiger charge is 2.17. The molecule has 1 aliphatic rings. The van der Waals surface area contributed by atoms with Crippen molar-refractivity contribution in [2.24, 2.45) is 5.92 Å². The van der Waals surface area contributed by atoms with E-state index in [4.69, 9.17) is 14.2 Å². The Hall–Kier alpha value is -1.42. The summed E-state index contributed by atoms with van der Waals surface area (Å²) in [6.45, 7) is 2.80. The minimum Gasteiger partial charge on any atom is -0.493 e. The van der Waals surface area contributed by atoms with Crippen LogP contribution in [0.5, 0.6) is 17.2 Å². The number of benzene rings is 1. The molecule has 1 atom stereocenters. The number of rotatable bonds is 5. The second-order valence-corrected chi connectivity index (χ2v) is 4.16. The lowest BCUT2D eigenvalue weighted by Gasteiger charge is -2.16. The van der Waals surface area contributed by atoms with Gasteiger partial charge in [-0.15, -0.1) is 0 Å². The molecule has 1 N–H and O–H groups in total. The van der Waals surface area contributed by atoms with Gasteiger partial charge in [-0.05, 0) is 25.1 Å². The number of nitrogens with one attached hydrogen (secondary N) is 1. The molecule has 0 saturated carbocycles. The van der Waals surface area contributed by atoms with Crippen molar-refractivity contribution in [3.8, 4) is 17.2 Å². The molecule has 1 aliphatic heterocycles. The van der Waals surface area contributed by atoms with Crippen LogP contribution in [0.1, 0.15) is 6.42 Å². The van der Waals surface area contributed by atoms with Gasteiger partial charge in [0, 0.05) is 12.5 Å². The van der Waals surface area contributed by atoms with Gasteiger partial charge in [-0.2, -0.15) is 0 Å². The minimum atomic E-state index is 0.574. The monoisotopic (exact) mass is 237 g/mol. The van der Waals surface area contributed by atoms with Crippen LogP contribution in [0.25, 0.3) is 0 Å². The standard InChI is InChI=1S/C13H19NO3/c1-15-11-4-3-5-12(16-2)13(11)17-9-10-6-7-14-8-10/h3-5,10,14H,6-9H2,1-2H3. The van der Waals surface area contributed by atoms with Crippen molar-refractivity contribution in [1.82, 2.24) is 5.32 Å². The first kappa shape index (κ1) is 12.0. The van der Waals surface area contributed by atoms with Gasteiger partial charge in [-0.3, -0.25) is 0 Å². The lowest BCUT2D eigenvalue weighted by Crippen LogP contribution is -2.16. The molecule has 17 heavy (non-hydrogen) atoms. The first-order valence-corrected chi connectivity index (χ1v) is 5.89. The Morgan fingerprint density at radius 3 is 2.47 bits per heavy atom. The van der Waals surface area contributed by atoms with Crippen molar-refractivity contribution in [2.75, 3.05) is 33.9 Å². The molecular formula is C13H19NO3. The van der Waals surface area contributed by atoms with E-state index < -0.39 is 0 Å². The third kappa shape index (κ3) is 2.82. The van der Waals surface area contributed by atoms with Gasteiger partial charge in [0.1, 0.15) is 0 Å². The van der Waals surface area contributed by atoms with E-state index in [-0.39, 0.29) is 0 Å². The van der Waals surface area contributed by atoms with Crippen LogP contribution >= 0.6 is 0 Å². The molecule has 0 radical (unpaired) electrons. The van der Waals surface area contributed by atoms with E-state index in [9.17, 15) is 0 Å². The average Bonchev–Trinajstić information content (AvgIpc) is 2.88. The van der Waals surface area contributed by atoms with Gasteiger partial charge in [-0.25, -0.2) is 0 Å². The van der Waals surface area contributed by atoms with Gasteiger partial charge in [0.15, 0.2) is 11.5 Å². The summed E-state index contributed by atoms with van der Waals surface area (Å²) >= 11 is 0. The van der Waals surface area contributed by atoms with Crippen LogP contribution in [0.3, 0.4) is 0 Å². The summed E-state index contributed by atoms with van der Waals surface area (Å²) in [7, 11) is 3.28. The normalized spacial score (nSPS) is 19.1. The maximum Gasteiger partial charge on any atom is 0.203 e. The molecule has 1 aromatic rings. The maximum atomic E-state index is 5.84. The molecule has 0 bridgehead atoms. The second-order valence-electron chi connectivity index (χ2n) is 4.16. The third-order valence-corrected chi connectivity index (χ3v) is 3.01. The average molecular weight is 237 g/mol. The van der Waals surface area contributed by atoms with Gasteiger partial charge in [-0.1, -0.05) is 6.07 Å². The van der Waals surface area contributed by atoms with Crippen molar-refractivity contribution < 1.29 is 14.2 Å². The molecule has 0 aliphatic carbocycles. The zero-order chi connectivity index (χ0) is 12.1. The summed E-state index contributed by atoms with van der Waals surface area (Å²) in [6.07, 6.45) is 1.16. The van der Waals surface area contributed by atoms with Crippen LogP contribution in [0.2, 0.25) is 0 Å². The SMILES string of the molecule is COc1cccc(OC)c1OCC1CCNC1. The van der Waals surface area contributed by atoms with E-state index >= 15 is 0 Å². The fraction of sp³-hybridized carbons (Fsp3) is 0.538. The Morgan fingerprint density at radius 1 is 1.24 bits per heavy atom. The fourth-order valence-electron chi connectivity index (χ4n) is 2.02. The smallest absolute Gasteiger partial charge is 0.203 e. The highest BCUT2D eigenvalue weighted by atomic mass is 16.5. The summed E-state index contributed by atoms with van der Waals surface area (Å²) in [5.74, 6) is 2.71. The molecular weight excluding hydrogens is 218 g/mol. The molecule has 1 heterocycles. The first-order chi connectivity index (χ1) is 8.35. The molecule has 1 unspecified atom stereocenters. The fourth-order valence-corrected chi connectivity index (χ4v) is 2.02. The highest BCUT2D eigenvalue weighted by Crippen LogP contribution is 2.37. The van der Waals surface area contributed by atoms with Crippen LogP contribution in [0.15, 0.2) is 18.2 Å².